The van der Waals surface area contributed by atoms with Crippen molar-refractivity contribution in [3.8, 4) is 0 Å². The zero-order valence-corrected chi connectivity index (χ0v) is 15.7. The maximum absolute atomic E-state index is 12.7. The van der Waals surface area contributed by atoms with Crippen molar-refractivity contribution in [2.75, 3.05) is 13.1 Å². The van der Waals surface area contributed by atoms with Gasteiger partial charge < -0.3 is 5.32 Å². The Kier molecular flexibility index (Phi) is 5.79. The van der Waals surface area contributed by atoms with Crippen LogP contribution in [0, 0.1) is 5.92 Å². The number of sulfonamides is 1. The number of amides is 1. The summed E-state index contributed by atoms with van der Waals surface area (Å²) in [6.45, 7) is 3.35. The standard InChI is InChI=1S/C19H28N2O3S/c1-15-7-3-4-8-18(15)20-19(22)16-9-11-17(12-10-16)25(23,24)21-13-5-2-6-14-21/h9-12,15,18H,2-8,13-14H2,1H3,(H,20,22)/t15-,18+/m0/s1. The molecule has 0 spiro atoms. The first-order valence-corrected chi connectivity index (χ1v) is 10.8. The number of carbonyl (C=O) groups excluding carboxylic acids is 1. The van der Waals surface area contributed by atoms with Crippen LogP contribution in [0.25, 0.3) is 0 Å². The second-order valence-corrected chi connectivity index (χ2v) is 9.27. The van der Waals surface area contributed by atoms with Crippen molar-refractivity contribution < 1.29 is 13.2 Å². The average molecular weight is 365 g/mol. The summed E-state index contributed by atoms with van der Waals surface area (Å²) in [5.74, 6) is 0.386. The number of nitrogens with one attached hydrogen (secondary N) is 1. The molecule has 1 saturated heterocycles. The van der Waals surface area contributed by atoms with Crippen molar-refractivity contribution in [1.29, 1.82) is 0 Å². The van der Waals surface area contributed by atoms with Gasteiger partial charge in [0.2, 0.25) is 10.0 Å². The summed E-state index contributed by atoms with van der Waals surface area (Å²) in [6.07, 6.45) is 7.48. The number of hydrogen-bond donors (Lipinski definition) is 1. The highest BCUT2D eigenvalue weighted by molar-refractivity contribution is 7.89. The fourth-order valence-corrected chi connectivity index (χ4v) is 5.33. The Morgan fingerprint density at radius 1 is 1.00 bits per heavy atom. The first-order chi connectivity index (χ1) is 12.0. The van der Waals surface area contributed by atoms with Crippen molar-refractivity contribution in [3.63, 3.8) is 0 Å². The van der Waals surface area contributed by atoms with E-state index in [1.165, 1.54) is 6.42 Å². The molecule has 1 aliphatic heterocycles. The summed E-state index contributed by atoms with van der Waals surface area (Å²) < 4.78 is 26.9. The van der Waals surface area contributed by atoms with E-state index in [1.807, 2.05) is 0 Å². The minimum absolute atomic E-state index is 0.110. The van der Waals surface area contributed by atoms with Crippen LogP contribution in [0.2, 0.25) is 0 Å². The van der Waals surface area contributed by atoms with Crippen LogP contribution in [0.1, 0.15) is 62.2 Å². The van der Waals surface area contributed by atoms with Gasteiger partial charge in [0.25, 0.3) is 5.91 Å². The first kappa shape index (κ1) is 18.4. The average Bonchev–Trinajstić information content (AvgIpc) is 2.64. The third-order valence-electron chi connectivity index (χ3n) is 5.50. The molecule has 1 aliphatic carbocycles. The van der Waals surface area contributed by atoms with Crippen molar-refractivity contribution >= 4 is 15.9 Å². The van der Waals surface area contributed by atoms with E-state index in [0.717, 1.165) is 38.5 Å². The number of rotatable bonds is 4. The molecule has 1 aromatic carbocycles. The maximum Gasteiger partial charge on any atom is 0.251 e. The summed E-state index contributed by atoms with van der Waals surface area (Å²) in [6, 6.07) is 6.59. The molecule has 2 fully saturated rings. The summed E-state index contributed by atoms with van der Waals surface area (Å²) in [7, 11) is -3.44. The van der Waals surface area contributed by atoms with Crippen molar-refractivity contribution in [1.82, 2.24) is 9.62 Å². The molecule has 1 N–H and O–H groups in total. The second-order valence-electron chi connectivity index (χ2n) is 7.33. The molecule has 0 bridgehead atoms. The predicted molar refractivity (Wildman–Crippen MR) is 97.9 cm³/mol. The topological polar surface area (TPSA) is 66.5 Å². The molecule has 3 rings (SSSR count). The van der Waals surface area contributed by atoms with E-state index in [0.29, 0.717) is 24.6 Å². The molecule has 0 unspecified atom stereocenters. The molecule has 2 aliphatic rings. The van der Waals surface area contributed by atoms with Gasteiger partial charge >= 0.3 is 0 Å². The molecule has 1 saturated carbocycles. The van der Waals surface area contributed by atoms with E-state index in [2.05, 4.69) is 12.2 Å². The Bertz CT molecular complexity index is 694. The fraction of sp³-hybridized carbons (Fsp3) is 0.632. The fourth-order valence-electron chi connectivity index (χ4n) is 3.82. The van der Waals surface area contributed by atoms with Crippen LogP contribution in [0.5, 0.6) is 0 Å². The van der Waals surface area contributed by atoms with Crippen LogP contribution in [-0.2, 0) is 10.0 Å². The molecule has 6 heteroatoms. The Labute approximate surface area is 150 Å². The quantitative estimate of drug-likeness (QED) is 0.892. The van der Waals surface area contributed by atoms with Gasteiger partial charge in [-0.2, -0.15) is 4.31 Å². The van der Waals surface area contributed by atoms with Gasteiger partial charge in [-0.05, 0) is 55.9 Å². The molecule has 5 nitrogen and oxygen atoms in total. The van der Waals surface area contributed by atoms with E-state index >= 15 is 0 Å². The second kappa shape index (κ2) is 7.87. The molecule has 1 heterocycles. The Hall–Kier alpha value is -1.40. The van der Waals surface area contributed by atoms with Crippen LogP contribution in [0.15, 0.2) is 29.2 Å². The normalized spacial score (nSPS) is 25.5. The molecule has 1 amide bonds. The van der Waals surface area contributed by atoms with Crippen LogP contribution >= 0.6 is 0 Å². The van der Waals surface area contributed by atoms with Gasteiger partial charge in [0.1, 0.15) is 0 Å². The van der Waals surface area contributed by atoms with Gasteiger partial charge in [-0.15, -0.1) is 0 Å². The number of hydrogen-bond acceptors (Lipinski definition) is 3. The molecule has 0 aromatic heterocycles. The molecule has 1 aromatic rings. The summed E-state index contributed by atoms with van der Waals surface area (Å²) in [4.78, 5) is 12.7. The van der Waals surface area contributed by atoms with Crippen molar-refractivity contribution in [2.24, 2.45) is 5.92 Å². The molecule has 0 radical (unpaired) electrons. The zero-order chi connectivity index (χ0) is 17.9. The van der Waals surface area contributed by atoms with Crippen LogP contribution < -0.4 is 5.32 Å². The van der Waals surface area contributed by atoms with Gasteiger partial charge in [-0.25, -0.2) is 8.42 Å². The van der Waals surface area contributed by atoms with E-state index in [1.54, 1.807) is 28.6 Å². The predicted octanol–water partition coefficient (Wildman–Crippen LogP) is 3.17. The molecular formula is C19H28N2O3S. The monoisotopic (exact) mass is 364 g/mol. The highest BCUT2D eigenvalue weighted by Crippen LogP contribution is 2.24. The highest BCUT2D eigenvalue weighted by atomic mass is 32.2. The Balaban J connectivity index is 1.68. The van der Waals surface area contributed by atoms with Gasteiger partial charge in [-0.1, -0.05) is 26.2 Å². The number of nitrogens with zero attached hydrogens (tertiary/aromatic N) is 1. The third kappa shape index (κ3) is 4.23. The number of benzene rings is 1. The zero-order valence-electron chi connectivity index (χ0n) is 14.9. The van der Waals surface area contributed by atoms with E-state index in [-0.39, 0.29) is 16.8 Å². The van der Waals surface area contributed by atoms with Crippen LogP contribution in [0.4, 0.5) is 0 Å². The summed E-state index contributed by atoms with van der Waals surface area (Å²) in [5.41, 5.74) is 0.523. The highest BCUT2D eigenvalue weighted by Gasteiger charge is 2.27. The lowest BCUT2D eigenvalue weighted by atomic mass is 9.86. The largest absolute Gasteiger partial charge is 0.349 e. The van der Waals surface area contributed by atoms with Crippen molar-refractivity contribution in [3.05, 3.63) is 29.8 Å². The minimum atomic E-state index is -3.44. The lowest BCUT2D eigenvalue weighted by Crippen LogP contribution is -2.41. The molecule has 25 heavy (non-hydrogen) atoms. The lowest BCUT2D eigenvalue weighted by Gasteiger charge is -2.29. The molecular weight excluding hydrogens is 336 g/mol. The van der Waals surface area contributed by atoms with E-state index in [4.69, 9.17) is 0 Å². The minimum Gasteiger partial charge on any atom is -0.349 e. The van der Waals surface area contributed by atoms with Crippen molar-refractivity contribution in [2.45, 2.75) is 62.8 Å². The smallest absolute Gasteiger partial charge is 0.251 e. The Morgan fingerprint density at radius 3 is 2.28 bits per heavy atom. The third-order valence-corrected chi connectivity index (χ3v) is 7.41. The van der Waals surface area contributed by atoms with E-state index < -0.39 is 10.0 Å². The molecule has 2 atom stereocenters. The molecule has 138 valence electrons. The maximum atomic E-state index is 12.7. The summed E-state index contributed by atoms with van der Waals surface area (Å²) in [5, 5.41) is 3.11. The first-order valence-electron chi connectivity index (χ1n) is 9.39. The van der Waals surface area contributed by atoms with E-state index in [9.17, 15) is 13.2 Å². The van der Waals surface area contributed by atoms with Gasteiger partial charge in [0.05, 0.1) is 4.90 Å². The number of piperidine rings is 1. The SMILES string of the molecule is C[C@H]1CCCC[C@H]1NC(=O)c1ccc(S(=O)(=O)N2CCCCC2)cc1. The van der Waals surface area contributed by atoms with Gasteiger partial charge in [0, 0.05) is 24.7 Å². The summed E-state index contributed by atoms with van der Waals surface area (Å²) >= 11 is 0. The lowest BCUT2D eigenvalue weighted by molar-refractivity contribution is 0.0910. The number of carbonyl (C=O) groups is 1. The van der Waals surface area contributed by atoms with Crippen LogP contribution in [0.3, 0.4) is 0 Å². The van der Waals surface area contributed by atoms with Crippen LogP contribution in [-0.4, -0.2) is 37.8 Å². The van der Waals surface area contributed by atoms with Gasteiger partial charge in [-0.3, -0.25) is 4.79 Å². The van der Waals surface area contributed by atoms with Gasteiger partial charge in [0.15, 0.2) is 0 Å². The Morgan fingerprint density at radius 2 is 1.64 bits per heavy atom.